The summed E-state index contributed by atoms with van der Waals surface area (Å²) in [5, 5.41) is 3.42. The lowest BCUT2D eigenvalue weighted by Gasteiger charge is -2.16. The average molecular weight is 376 g/mol. The summed E-state index contributed by atoms with van der Waals surface area (Å²) in [6, 6.07) is 26.8. The highest BCUT2D eigenvalue weighted by molar-refractivity contribution is 5.46. The van der Waals surface area contributed by atoms with Gasteiger partial charge in [-0.15, -0.1) is 0 Å². The second-order valence-corrected chi connectivity index (χ2v) is 6.92. The summed E-state index contributed by atoms with van der Waals surface area (Å²) in [6.45, 7) is 5.64. The molecule has 0 spiro atoms. The second-order valence-electron chi connectivity index (χ2n) is 6.92. The molecule has 0 saturated carbocycles. The van der Waals surface area contributed by atoms with Gasteiger partial charge in [-0.2, -0.15) is 0 Å². The van der Waals surface area contributed by atoms with Gasteiger partial charge in [0.1, 0.15) is 17.6 Å². The molecular weight excluding hydrogens is 346 g/mol. The SMILES string of the molecule is CCc1ccc(OC(C)CNc2ccc(OCCc3ccccc3)cc2)cc1. The van der Waals surface area contributed by atoms with Gasteiger partial charge >= 0.3 is 0 Å². The van der Waals surface area contributed by atoms with Crippen LogP contribution in [-0.2, 0) is 12.8 Å². The number of hydrogen-bond donors (Lipinski definition) is 1. The monoisotopic (exact) mass is 375 g/mol. The van der Waals surface area contributed by atoms with Crippen molar-refractivity contribution in [1.29, 1.82) is 0 Å². The van der Waals surface area contributed by atoms with Crippen LogP contribution in [0.5, 0.6) is 11.5 Å². The highest BCUT2D eigenvalue weighted by Gasteiger charge is 2.04. The van der Waals surface area contributed by atoms with Crippen LogP contribution in [0.1, 0.15) is 25.0 Å². The Morgan fingerprint density at radius 2 is 1.46 bits per heavy atom. The number of benzene rings is 3. The summed E-state index contributed by atoms with van der Waals surface area (Å²) < 4.78 is 11.8. The molecule has 0 heterocycles. The third kappa shape index (κ3) is 6.34. The van der Waals surface area contributed by atoms with Crippen molar-refractivity contribution in [2.75, 3.05) is 18.5 Å². The fourth-order valence-corrected chi connectivity index (χ4v) is 2.94. The molecule has 3 aromatic carbocycles. The molecule has 146 valence electrons. The van der Waals surface area contributed by atoms with E-state index in [2.05, 4.69) is 55.6 Å². The standard InChI is InChI=1S/C25H29NO2/c1-3-21-9-13-25(14-10-21)28-20(2)19-26-23-11-15-24(16-12-23)27-18-17-22-7-5-4-6-8-22/h4-16,20,26H,3,17-19H2,1-2H3. The minimum absolute atomic E-state index is 0.0780. The van der Waals surface area contributed by atoms with Crippen molar-refractivity contribution in [2.24, 2.45) is 0 Å². The van der Waals surface area contributed by atoms with Gasteiger partial charge in [0, 0.05) is 12.1 Å². The van der Waals surface area contributed by atoms with E-state index in [1.54, 1.807) is 0 Å². The molecule has 0 fully saturated rings. The Kier molecular flexibility index (Phi) is 7.36. The van der Waals surface area contributed by atoms with Crippen LogP contribution in [-0.4, -0.2) is 19.3 Å². The van der Waals surface area contributed by atoms with E-state index in [-0.39, 0.29) is 6.10 Å². The van der Waals surface area contributed by atoms with Gasteiger partial charge < -0.3 is 14.8 Å². The summed E-state index contributed by atoms with van der Waals surface area (Å²) in [5.74, 6) is 1.80. The molecular formula is C25H29NO2. The fourth-order valence-electron chi connectivity index (χ4n) is 2.94. The smallest absolute Gasteiger partial charge is 0.119 e. The maximum atomic E-state index is 5.97. The molecule has 1 N–H and O–H groups in total. The first-order valence-electron chi connectivity index (χ1n) is 9.99. The molecule has 1 unspecified atom stereocenters. The molecule has 3 heteroatoms. The second kappa shape index (κ2) is 10.4. The van der Waals surface area contributed by atoms with E-state index in [1.165, 1.54) is 11.1 Å². The number of rotatable bonds is 10. The average Bonchev–Trinajstić information content (AvgIpc) is 2.74. The maximum absolute atomic E-state index is 5.97. The van der Waals surface area contributed by atoms with Gasteiger partial charge in [-0.3, -0.25) is 0 Å². The van der Waals surface area contributed by atoms with Crippen LogP contribution in [0.3, 0.4) is 0 Å². The topological polar surface area (TPSA) is 30.5 Å². The van der Waals surface area contributed by atoms with Crippen LogP contribution in [0.2, 0.25) is 0 Å². The number of ether oxygens (including phenoxy) is 2. The van der Waals surface area contributed by atoms with Crippen molar-refractivity contribution in [2.45, 2.75) is 32.8 Å². The minimum atomic E-state index is 0.0780. The Labute approximate surface area is 168 Å². The number of aryl methyl sites for hydroxylation is 1. The van der Waals surface area contributed by atoms with E-state index in [1.807, 2.05) is 42.5 Å². The summed E-state index contributed by atoms with van der Waals surface area (Å²) in [4.78, 5) is 0. The van der Waals surface area contributed by atoms with Crippen molar-refractivity contribution >= 4 is 5.69 Å². The molecule has 3 rings (SSSR count). The van der Waals surface area contributed by atoms with Gasteiger partial charge in [-0.1, -0.05) is 49.4 Å². The zero-order chi connectivity index (χ0) is 19.6. The van der Waals surface area contributed by atoms with Gasteiger partial charge in [0.25, 0.3) is 0 Å². The molecule has 0 aliphatic rings. The predicted molar refractivity (Wildman–Crippen MR) is 116 cm³/mol. The third-order valence-corrected chi connectivity index (χ3v) is 4.62. The van der Waals surface area contributed by atoms with Gasteiger partial charge in [-0.25, -0.2) is 0 Å². The van der Waals surface area contributed by atoms with Crippen molar-refractivity contribution in [1.82, 2.24) is 0 Å². The van der Waals surface area contributed by atoms with Crippen molar-refractivity contribution < 1.29 is 9.47 Å². The lowest BCUT2D eigenvalue weighted by Crippen LogP contribution is -2.22. The normalized spacial score (nSPS) is 11.6. The summed E-state index contributed by atoms with van der Waals surface area (Å²) >= 11 is 0. The van der Waals surface area contributed by atoms with Crippen LogP contribution >= 0.6 is 0 Å². The van der Waals surface area contributed by atoms with Crippen molar-refractivity contribution in [3.63, 3.8) is 0 Å². The molecule has 0 bridgehead atoms. The molecule has 0 saturated heterocycles. The van der Waals surface area contributed by atoms with Crippen LogP contribution in [0.4, 0.5) is 5.69 Å². The summed E-state index contributed by atoms with van der Waals surface area (Å²) in [6.07, 6.45) is 2.03. The highest BCUT2D eigenvalue weighted by atomic mass is 16.5. The highest BCUT2D eigenvalue weighted by Crippen LogP contribution is 2.17. The Balaban J connectivity index is 1.39. The molecule has 3 nitrogen and oxygen atoms in total. The number of nitrogens with one attached hydrogen (secondary N) is 1. The predicted octanol–water partition coefficient (Wildman–Crippen LogP) is 5.75. The maximum Gasteiger partial charge on any atom is 0.119 e. The van der Waals surface area contributed by atoms with Crippen molar-refractivity contribution in [3.05, 3.63) is 90.0 Å². The molecule has 0 aromatic heterocycles. The first kappa shape index (κ1) is 19.8. The first-order chi connectivity index (χ1) is 13.7. The van der Waals surface area contributed by atoms with Crippen LogP contribution in [0.15, 0.2) is 78.9 Å². The zero-order valence-corrected chi connectivity index (χ0v) is 16.7. The van der Waals surface area contributed by atoms with E-state index < -0.39 is 0 Å². The molecule has 28 heavy (non-hydrogen) atoms. The van der Waals surface area contributed by atoms with Gasteiger partial charge in [0.2, 0.25) is 0 Å². The Hall–Kier alpha value is -2.94. The van der Waals surface area contributed by atoms with Gasteiger partial charge in [0.05, 0.1) is 13.2 Å². The molecule has 0 amide bonds. The van der Waals surface area contributed by atoms with Gasteiger partial charge in [0.15, 0.2) is 0 Å². The first-order valence-corrected chi connectivity index (χ1v) is 9.99. The van der Waals surface area contributed by atoms with E-state index in [0.717, 1.165) is 36.6 Å². The number of hydrogen-bond acceptors (Lipinski definition) is 3. The third-order valence-electron chi connectivity index (χ3n) is 4.62. The lowest BCUT2D eigenvalue weighted by molar-refractivity contribution is 0.234. The summed E-state index contributed by atoms with van der Waals surface area (Å²) in [5.41, 5.74) is 3.68. The van der Waals surface area contributed by atoms with Crippen LogP contribution in [0.25, 0.3) is 0 Å². The molecule has 0 radical (unpaired) electrons. The van der Waals surface area contributed by atoms with E-state index >= 15 is 0 Å². The Bertz CT molecular complexity index is 813. The van der Waals surface area contributed by atoms with Crippen LogP contribution in [0, 0.1) is 0 Å². The lowest BCUT2D eigenvalue weighted by atomic mass is 10.2. The molecule has 3 aromatic rings. The Morgan fingerprint density at radius 3 is 2.14 bits per heavy atom. The Morgan fingerprint density at radius 1 is 0.786 bits per heavy atom. The van der Waals surface area contributed by atoms with E-state index in [9.17, 15) is 0 Å². The van der Waals surface area contributed by atoms with E-state index in [0.29, 0.717) is 6.61 Å². The zero-order valence-electron chi connectivity index (χ0n) is 16.7. The minimum Gasteiger partial charge on any atom is -0.493 e. The van der Waals surface area contributed by atoms with Crippen LogP contribution < -0.4 is 14.8 Å². The van der Waals surface area contributed by atoms with Gasteiger partial charge in [-0.05, 0) is 60.9 Å². The van der Waals surface area contributed by atoms with E-state index in [4.69, 9.17) is 9.47 Å². The molecule has 0 aliphatic heterocycles. The fraction of sp³-hybridized carbons (Fsp3) is 0.280. The molecule has 0 aliphatic carbocycles. The quantitative estimate of drug-likeness (QED) is 0.489. The number of anilines is 1. The summed E-state index contributed by atoms with van der Waals surface area (Å²) in [7, 11) is 0. The largest absolute Gasteiger partial charge is 0.493 e. The molecule has 1 atom stereocenters. The van der Waals surface area contributed by atoms with Crippen molar-refractivity contribution in [3.8, 4) is 11.5 Å².